The van der Waals surface area contributed by atoms with Crippen LogP contribution in [0, 0.1) is 6.92 Å². The normalized spacial score (nSPS) is 11.8. The van der Waals surface area contributed by atoms with Crippen molar-refractivity contribution in [1.29, 1.82) is 0 Å². The van der Waals surface area contributed by atoms with Gasteiger partial charge in [-0.3, -0.25) is 0 Å². The maximum Gasteiger partial charge on any atom is 0.433 e. The molecule has 1 aromatic heterocycles. The second-order valence-electron chi connectivity index (χ2n) is 2.12. The van der Waals surface area contributed by atoms with Gasteiger partial charge in [0.1, 0.15) is 16.7 Å². The topological polar surface area (TPSA) is 25.8 Å². The third-order valence-electron chi connectivity index (χ3n) is 1.10. The maximum absolute atomic E-state index is 12.0. The predicted octanol–water partition coefficient (Wildman–Crippen LogP) is 2.46. The van der Waals surface area contributed by atoms with Crippen molar-refractivity contribution in [3.63, 3.8) is 0 Å². The molecular formula is C6H4ClF3N2. The van der Waals surface area contributed by atoms with Crippen LogP contribution in [-0.2, 0) is 6.18 Å². The van der Waals surface area contributed by atoms with Crippen LogP contribution in [0.15, 0.2) is 6.07 Å². The Morgan fingerprint density at radius 1 is 1.33 bits per heavy atom. The molecule has 1 heterocycles. The lowest BCUT2D eigenvalue weighted by atomic mass is 10.4. The molecule has 0 aromatic carbocycles. The molecule has 0 N–H and O–H groups in total. The molecule has 66 valence electrons. The van der Waals surface area contributed by atoms with Crippen LogP contribution in [0.1, 0.15) is 11.5 Å². The summed E-state index contributed by atoms with van der Waals surface area (Å²) in [7, 11) is 0. The number of aryl methyl sites for hydroxylation is 1. The van der Waals surface area contributed by atoms with Crippen molar-refractivity contribution in [3.05, 3.63) is 22.7 Å². The molecule has 0 saturated heterocycles. The van der Waals surface area contributed by atoms with E-state index in [0.717, 1.165) is 0 Å². The Morgan fingerprint density at radius 3 is 2.33 bits per heavy atom. The lowest BCUT2D eigenvalue weighted by molar-refractivity contribution is -0.141. The first kappa shape index (κ1) is 9.25. The molecule has 2 nitrogen and oxygen atoms in total. The monoisotopic (exact) mass is 196 g/mol. The number of aromatic nitrogens is 2. The highest BCUT2D eigenvalue weighted by Crippen LogP contribution is 2.28. The van der Waals surface area contributed by atoms with E-state index in [2.05, 4.69) is 9.97 Å². The van der Waals surface area contributed by atoms with E-state index in [1.165, 1.54) is 6.92 Å². The van der Waals surface area contributed by atoms with Gasteiger partial charge in [-0.15, -0.1) is 0 Å². The van der Waals surface area contributed by atoms with Gasteiger partial charge >= 0.3 is 6.18 Å². The minimum absolute atomic E-state index is 0.00910. The summed E-state index contributed by atoms with van der Waals surface area (Å²) >= 11 is 5.31. The summed E-state index contributed by atoms with van der Waals surface area (Å²) in [5.41, 5.74) is -1.01. The van der Waals surface area contributed by atoms with Crippen molar-refractivity contribution in [2.75, 3.05) is 0 Å². The molecular weight excluding hydrogens is 193 g/mol. The Kier molecular flexibility index (Phi) is 2.23. The van der Waals surface area contributed by atoms with Gasteiger partial charge < -0.3 is 0 Å². The fourth-order valence-electron chi connectivity index (χ4n) is 0.676. The highest BCUT2D eigenvalue weighted by molar-refractivity contribution is 6.29. The van der Waals surface area contributed by atoms with E-state index in [1.807, 2.05) is 0 Å². The zero-order chi connectivity index (χ0) is 9.35. The minimum Gasteiger partial charge on any atom is -0.229 e. The molecule has 0 aliphatic rings. The Morgan fingerprint density at radius 2 is 1.92 bits per heavy atom. The number of halogens is 4. The summed E-state index contributed by atoms with van der Waals surface area (Å²) < 4.78 is 36.0. The second-order valence-corrected chi connectivity index (χ2v) is 2.51. The largest absolute Gasteiger partial charge is 0.433 e. The van der Waals surface area contributed by atoms with Crippen LogP contribution in [0.5, 0.6) is 0 Å². The molecule has 0 spiro atoms. The Balaban J connectivity index is 3.18. The molecule has 1 aromatic rings. The van der Waals surface area contributed by atoms with E-state index in [1.54, 1.807) is 0 Å². The van der Waals surface area contributed by atoms with E-state index < -0.39 is 11.9 Å². The van der Waals surface area contributed by atoms with Gasteiger partial charge in [-0.05, 0) is 6.92 Å². The number of hydrogen-bond acceptors (Lipinski definition) is 2. The van der Waals surface area contributed by atoms with E-state index in [-0.39, 0.29) is 11.0 Å². The Hall–Kier alpha value is -0.840. The van der Waals surface area contributed by atoms with E-state index in [4.69, 9.17) is 11.6 Å². The molecule has 1 rings (SSSR count). The number of hydrogen-bond donors (Lipinski definition) is 0. The van der Waals surface area contributed by atoms with Crippen LogP contribution in [0.3, 0.4) is 0 Å². The Bertz CT molecular complexity index is 277. The molecule has 0 fully saturated rings. The fourth-order valence-corrected chi connectivity index (χ4v) is 0.902. The van der Waals surface area contributed by atoms with Gasteiger partial charge in [0.05, 0.1) is 0 Å². The third kappa shape index (κ3) is 2.07. The molecule has 0 radical (unpaired) electrons. The van der Waals surface area contributed by atoms with Gasteiger partial charge in [0, 0.05) is 6.07 Å². The van der Waals surface area contributed by atoms with Gasteiger partial charge in [-0.25, -0.2) is 9.97 Å². The fraction of sp³-hybridized carbons (Fsp3) is 0.333. The van der Waals surface area contributed by atoms with Crippen LogP contribution in [-0.4, -0.2) is 9.97 Å². The minimum atomic E-state index is -4.46. The highest BCUT2D eigenvalue weighted by Gasteiger charge is 2.33. The number of rotatable bonds is 0. The van der Waals surface area contributed by atoms with E-state index in [0.29, 0.717) is 6.07 Å². The van der Waals surface area contributed by atoms with Crippen LogP contribution in [0.4, 0.5) is 13.2 Å². The van der Waals surface area contributed by atoms with Crippen molar-refractivity contribution in [1.82, 2.24) is 9.97 Å². The van der Waals surface area contributed by atoms with Crippen molar-refractivity contribution >= 4 is 11.6 Å². The van der Waals surface area contributed by atoms with Gasteiger partial charge in [-0.2, -0.15) is 13.2 Å². The molecule has 0 aliphatic carbocycles. The SMILES string of the molecule is Cc1nc(Cl)cc(C(F)(F)F)n1. The lowest BCUT2D eigenvalue weighted by Crippen LogP contribution is -2.09. The lowest BCUT2D eigenvalue weighted by Gasteiger charge is -2.05. The number of alkyl halides is 3. The molecule has 0 bridgehead atoms. The van der Waals surface area contributed by atoms with Crippen LogP contribution >= 0.6 is 11.6 Å². The van der Waals surface area contributed by atoms with E-state index in [9.17, 15) is 13.2 Å². The van der Waals surface area contributed by atoms with Crippen molar-refractivity contribution in [2.24, 2.45) is 0 Å². The Labute approximate surface area is 71.4 Å². The van der Waals surface area contributed by atoms with Gasteiger partial charge in [0.25, 0.3) is 0 Å². The van der Waals surface area contributed by atoms with Crippen LogP contribution in [0.2, 0.25) is 5.15 Å². The molecule has 12 heavy (non-hydrogen) atoms. The van der Waals surface area contributed by atoms with Crippen LogP contribution < -0.4 is 0 Å². The third-order valence-corrected chi connectivity index (χ3v) is 1.29. The van der Waals surface area contributed by atoms with Gasteiger partial charge in [0.2, 0.25) is 0 Å². The standard InChI is InChI=1S/C6H4ClF3N2/c1-3-11-4(6(8,9)10)2-5(7)12-3/h2H,1H3. The van der Waals surface area contributed by atoms with Crippen LogP contribution in [0.25, 0.3) is 0 Å². The smallest absolute Gasteiger partial charge is 0.229 e. The quantitative estimate of drug-likeness (QED) is 0.596. The molecule has 6 heteroatoms. The summed E-state index contributed by atoms with van der Waals surface area (Å²) in [6, 6.07) is 0.689. The number of nitrogens with zero attached hydrogens (tertiary/aromatic N) is 2. The first-order chi connectivity index (χ1) is 5.39. The average Bonchev–Trinajstić information content (AvgIpc) is 1.82. The summed E-state index contributed by atoms with van der Waals surface area (Å²) in [5, 5.41) is -0.199. The first-order valence-corrected chi connectivity index (χ1v) is 3.36. The van der Waals surface area contributed by atoms with Crippen molar-refractivity contribution in [3.8, 4) is 0 Å². The predicted molar refractivity (Wildman–Crippen MR) is 36.8 cm³/mol. The van der Waals surface area contributed by atoms with Crippen molar-refractivity contribution < 1.29 is 13.2 Å². The average molecular weight is 197 g/mol. The zero-order valence-electron chi connectivity index (χ0n) is 5.98. The summed E-state index contributed by atoms with van der Waals surface area (Å²) in [6.45, 7) is 1.35. The van der Waals surface area contributed by atoms with Gasteiger partial charge in [0.15, 0.2) is 0 Å². The first-order valence-electron chi connectivity index (χ1n) is 2.98. The molecule has 0 atom stereocenters. The molecule has 0 saturated carbocycles. The second kappa shape index (κ2) is 2.90. The van der Waals surface area contributed by atoms with E-state index >= 15 is 0 Å². The molecule has 0 amide bonds. The zero-order valence-corrected chi connectivity index (χ0v) is 6.74. The molecule has 0 unspecified atom stereocenters. The summed E-state index contributed by atoms with van der Waals surface area (Å²) in [5.74, 6) is 0.00910. The highest BCUT2D eigenvalue weighted by atomic mass is 35.5. The summed E-state index contributed by atoms with van der Waals surface area (Å²) in [4.78, 5) is 6.69. The molecule has 0 aliphatic heterocycles. The summed E-state index contributed by atoms with van der Waals surface area (Å²) in [6.07, 6.45) is -4.46. The van der Waals surface area contributed by atoms with Crippen molar-refractivity contribution in [2.45, 2.75) is 13.1 Å². The van der Waals surface area contributed by atoms with Gasteiger partial charge in [-0.1, -0.05) is 11.6 Å². The maximum atomic E-state index is 12.0.